The average Bonchev–Trinajstić information content (AvgIpc) is 2.26. The standard InChI is InChI=1S/C13H16N2O/c1-13(2,3)15-6-7-16-12-8-10(9-14)4-5-11(12)15/h4-5,8H,6-7H2,1-3H3. The molecule has 3 heteroatoms. The Kier molecular flexibility index (Phi) is 2.51. The Labute approximate surface area is 96.2 Å². The smallest absolute Gasteiger partial charge is 0.144 e. The number of rotatable bonds is 0. The fraction of sp³-hybridized carbons (Fsp3) is 0.462. The van der Waals surface area contributed by atoms with Gasteiger partial charge in [0.15, 0.2) is 0 Å². The van der Waals surface area contributed by atoms with Crippen LogP contribution in [0.3, 0.4) is 0 Å². The predicted molar refractivity (Wildman–Crippen MR) is 63.8 cm³/mol. The zero-order chi connectivity index (χ0) is 11.8. The van der Waals surface area contributed by atoms with E-state index < -0.39 is 0 Å². The summed E-state index contributed by atoms with van der Waals surface area (Å²) >= 11 is 0. The Morgan fingerprint density at radius 1 is 1.38 bits per heavy atom. The van der Waals surface area contributed by atoms with Crippen LogP contribution in [-0.2, 0) is 0 Å². The molecule has 0 saturated carbocycles. The monoisotopic (exact) mass is 216 g/mol. The van der Waals surface area contributed by atoms with Gasteiger partial charge in [-0.1, -0.05) is 0 Å². The molecule has 0 spiro atoms. The first-order valence-electron chi connectivity index (χ1n) is 5.47. The van der Waals surface area contributed by atoms with Crippen LogP contribution in [0, 0.1) is 11.3 Å². The predicted octanol–water partition coefficient (Wildman–Crippen LogP) is 2.56. The molecule has 2 rings (SSSR count). The summed E-state index contributed by atoms with van der Waals surface area (Å²) in [6.45, 7) is 8.11. The molecule has 3 nitrogen and oxygen atoms in total. The Balaban J connectivity index is 2.45. The molecule has 1 aromatic carbocycles. The minimum Gasteiger partial charge on any atom is -0.490 e. The average molecular weight is 216 g/mol. The summed E-state index contributed by atoms with van der Waals surface area (Å²) in [6.07, 6.45) is 0. The van der Waals surface area contributed by atoms with Crippen molar-refractivity contribution in [1.82, 2.24) is 0 Å². The second kappa shape index (κ2) is 3.71. The zero-order valence-electron chi connectivity index (χ0n) is 9.95. The van der Waals surface area contributed by atoms with Gasteiger partial charge in [0.25, 0.3) is 0 Å². The number of nitriles is 1. The van der Waals surface area contributed by atoms with Gasteiger partial charge in [-0.05, 0) is 32.9 Å². The van der Waals surface area contributed by atoms with E-state index in [1.165, 1.54) is 0 Å². The van der Waals surface area contributed by atoms with Crippen LogP contribution in [0.15, 0.2) is 18.2 Å². The maximum atomic E-state index is 8.85. The van der Waals surface area contributed by atoms with Gasteiger partial charge in [-0.3, -0.25) is 0 Å². The highest BCUT2D eigenvalue weighted by atomic mass is 16.5. The minimum absolute atomic E-state index is 0.0761. The van der Waals surface area contributed by atoms with E-state index in [1.807, 2.05) is 18.2 Å². The second-order valence-electron chi connectivity index (χ2n) is 4.97. The summed E-state index contributed by atoms with van der Waals surface area (Å²) in [7, 11) is 0. The highest BCUT2D eigenvalue weighted by molar-refractivity contribution is 5.63. The molecule has 16 heavy (non-hydrogen) atoms. The summed E-state index contributed by atoms with van der Waals surface area (Å²) in [6, 6.07) is 7.75. The van der Waals surface area contributed by atoms with Gasteiger partial charge in [0.2, 0.25) is 0 Å². The number of nitrogens with zero attached hydrogens (tertiary/aromatic N) is 2. The van der Waals surface area contributed by atoms with Crippen LogP contribution in [0.25, 0.3) is 0 Å². The van der Waals surface area contributed by atoms with E-state index in [0.717, 1.165) is 18.0 Å². The molecule has 1 aromatic rings. The molecule has 0 saturated heterocycles. The Morgan fingerprint density at radius 2 is 2.12 bits per heavy atom. The molecule has 0 unspecified atom stereocenters. The summed E-state index contributed by atoms with van der Waals surface area (Å²) < 4.78 is 5.60. The van der Waals surface area contributed by atoms with E-state index in [-0.39, 0.29) is 5.54 Å². The van der Waals surface area contributed by atoms with Crippen molar-refractivity contribution in [1.29, 1.82) is 5.26 Å². The third-order valence-corrected chi connectivity index (χ3v) is 2.76. The molecule has 1 heterocycles. The van der Waals surface area contributed by atoms with E-state index in [0.29, 0.717) is 12.2 Å². The first kappa shape index (κ1) is 10.8. The van der Waals surface area contributed by atoms with E-state index >= 15 is 0 Å². The lowest BCUT2D eigenvalue weighted by molar-refractivity contribution is 0.289. The fourth-order valence-electron chi connectivity index (χ4n) is 1.99. The van der Waals surface area contributed by atoms with E-state index in [1.54, 1.807) is 0 Å². The molecule has 84 valence electrons. The molecule has 0 aromatic heterocycles. The molecule has 0 atom stereocenters. The van der Waals surface area contributed by atoms with E-state index in [2.05, 4.69) is 31.7 Å². The first-order chi connectivity index (χ1) is 7.52. The van der Waals surface area contributed by atoms with Crippen LogP contribution in [0.1, 0.15) is 26.3 Å². The summed E-state index contributed by atoms with van der Waals surface area (Å²) in [4.78, 5) is 2.31. The highest BCUT2D eigenvalue weighted by Gasteiger charge is 2.27. The van der Waals surface area contributed by atoms with Crippen molar-refractivity contribution in [3.8, 4) is 11.8 Å². The lowest BCUT2D eigenvalue weighted by Crippen LogP contribution is -2.46. The van der Waals surface area contributed by atoms with Crippen LogP contribution in [0.4, 0.5) is 5.69 Å². The summed E-state index contributed by atoms with van der Waals surface area (Å²) in [5.74, 6) is 0.820. The van der Waals surface area contributed by atoms with Crippen LogP contribution in [-0.4, -0.2) is 18.7 Å². The van der Waals surface area contributed by atoms with Crippen molar-refractivity contribution in [3.63, 3.8) is 0 Å². The lowest BCUT2D eigenvalue weighted by Gasteiger charge is -2.41. The number of fused-ring (bicyclic) bond motifs is 1. The Hall–Kier alpha value is -1.69. The Bertz CT molecular complexity index is 440. The largest absolute Gasteiger partial charge is 0.490 e. The zero-order valence-corrected chi connectivity index (χ0v) is 9.95. The van der Waals surface area contributed by atoms with Gasteiger partial charge in [-0.25, -0.2) is 0 Å². The third kappa shape index (κ3) is 1.83. The van der Waals surface area contributed by atoms with E-state index in [4.69, 9.17) is 10.00 Å². The normalized spacial score (nSPS) is 15.0. The molecular weight excluding hydrogens is 200 g/mol. The molecule has 1 aliphatic rings. The number of hydrogen-bond donors (Lipinski definition) is 0. The molecule has 0 fully saturated rings. The third-order valence-electron chi connectivity index (χ3n) is 2.76. The topological polar surface area (TPSA) is 36.3 Å². The van der Waals surface area contributed by atoms with Crippen LogP contribution >= 0.6 is 0 Å². The molecular formula is C13H16N2O. The van der Waals surface area contributed by atoms with Gasteiger partial charge >= 0.3 is 0 Å². The fourth-order valence-corrected chi connectivity index (χ4v) is 1.99. The summed E-state index contributed by atoms with van der Waals surface area (Å²) in [5, 5.41) is 8.85. The summed E-state index contributed by atoms with van der Waals surface area (Å²) in [5.41, 5.74) is 1.81. The van der Waals surface area contributed by atoms with Crippen LogP contribution in [0.2, 0.25) is 0 Å². The quantitative estimate of drug-likeness (QED) is 0.668. The molecule has 0 radical (unpaired) electrons. The van der Waals surface area contributed by atoms with Gasteiger partial charge < -0.3 is 9.64 Å². The number of hydrogen-bond acceptors (Lipinski definition) is 3. The maximum Gasteiger partial charge on any atom is 0.144 e. The van der Waals surface area contributed by atoms with Crippen molar-refractivity contribution >= 4 is 5.69 Å². The van der Waals surface area contributed by atoms with Gasteiger partial charge in [0, 0.05) is 11.6 Å². The molecule has 0 N–H and O–H groups in total. The van der Waals surface area contributed by atoms with Crippen molar-refractivity contribution < 1.29 is 4.74 Å². The minimum atomic E-state index is 0.0761. The van der Waals surface area contributed by atoms with Crippen molar-refractivity contribution in [2.24, 2.45) is 0 Å². The number of ether oxygens (including phenoxy) is 1. The molecule has 0 amide bonds. The van der Waals surface area contributed by atoms with Gasteiger partial charge in [-0.15, -0.1) is 0 Å². The lowest BCUT2D eigenvalue weighted by atomic mass is 10.0. The van der Waals surface area contributed by atoms with Gasteiger partial charge in [0.05, 0.1) is 23.9 Å². The highest BCUT2D eigenvalue weighted by Crippen LogP contribution is 2.36. The maximum absolute atomic E-state index is 8.85. The number of anilines is 1. The second-order valence-corrected chi connectivity index (χ2v) is 4.97. The Morgan fingerprint density at radius 3 is 2.75 bits per heavy atom. The first-order valence-corrected chi connectivity index (χ1v) is 5.47. The van der Waals surface area contributed by atoms with Crippen LogP contribution in [0.5, 0.6) is 5.75 Å². The van der Waals surface area contributed by atoms with Crippen molar-refractivity contribution in [2.45, 2.75) is 26.3 Å². The number of benzene rings is 1. The van der Waals surface area contributed by atoms with Crippen LogP contribution < -0.4 is 9.64 Å². The van der Waals surface area contributed by atoms with E-state index in [9.17, 15) is 0 Å². The van der Waals surface area contributed by atoms with Gasteiger partial charge in [-0.2, -0.15) is 5.26 Å². The van der Waals surface area contributed by atoms with Gasteiger partial charge in [0.1, 0.15) is 12.4 Å². The van der Waals surface area contributed by atoms with Crippen molar-refractivity contribution in [3.05, 3.63) is 23.8 Å². The van der Waals surface area contributed by atoms with Crippen molar-refractivity contribution in [2.75, 3.05) is 18.1 Å². The molecule has 1 aliphatic heterocycles. The molecule has 0 bridgehead atoms. The SMILES string of the molecule is CC(C)(C)N1CCOc2cc(C#N)ccc21. The molecule has 0 aliphatic carbocycles.